The van der Waals surface area contributed by atoms with Gasteiger partial charge in [0.2, 0.25) is 5.78 Å². The van der Waals surface area contributed by atoms with Gasteiger partial charge in [-0.2, -0.15) is 0 Å². The van der Waals surface area contributed by atoms with E-state index in [1.165, 1.54) is 50.2 Å². The molecule has 238 valence electrons. The number of phenols is 1. The van der Waals surface area contributed by atoms with Crippen molar-refractivity contribution in [3.8, 4) is 5.75 Å². The number of primary amides is 1. The zero-order valence-electron chi connectivity index (χ0n) is 25.2. The molecule has 2 aromatic rings. The lowest BCUT2D eigenvalue weighted by atomic mass is 9.57. The van der Waals surface area contributed by atoms with Gasteiger partial charge in [0.1, 0.15) is 22.9 Å². The first kappa shape index (κ1) is 31.5. The third kappa shape index (κ3) is 4.77. The predicted molar refractivity (Wildman–Crippen MR) is 162 cm³/mol. The fourth-order valence-electron chi connectivity index (χ4n) is 6.79. The van der Waals surface area contributed by atoms with Crippen LogP contribution in [0.3, 0.4) is 0 Å². The number of nitrogens with one attached hydrogen (secondary N) is 2. The molecule has 0 heterocycles. The molecule has 0 spiro atoms. The number of aliphatic hydroxyl groups excluding tert-OH is 2. The van der Waals surface area contributed by atoms with E-state index in [0.717, 1.165) is 0 Å². The summed E-state index contributed by atoms with van der Waals surface area (Å²) in [4.78, 5) is 55.5. The molecule has 2 aromatic carbocycles. The van der Waals surface area contributed by atoms with E-state index < -0.39 is 75.6 Å². The zero-order chi connectivity index (χ0) is 33.3. The van der Waals surface area contributed by atoms with Crippen molar-refractivity contribution in [3.05, 3.63) is 63.7 Å². The zero-order valence-corrected chi connectivity index (χ0v) is 25.2. The highest BCUT2D eigenvalue weighted by molar-refractivity contribution is 6.24. The van der Waals surface area contributed by atoms with Gasteiger partial charge in [-0.15, -0.1) is 0 Å². The number of hydrogen-bond acceptors (Lipinski definition) is 10. The number of fused-ring (bicyclic) bond motifs is 3. The highest BCUT2D eigenvalue weighted by Gasteiger charge is 2.64. The summed E-state index contributed by atoms with van der Waals surface area (Å²) in [5, 5.41) is 50.8. The van der Waals surface area contributed by atoms with Crippen molar-refractivity contribution in [2.45, 2.75) is 31.4 Å². The summed E-state index contributed by atoms with van der Waals surface area (Å²) in [5.74, 6) is -8.16. The van der Waals surface area contributed by atoms with Crippen LogP contribution >= 0.6 is 0 Å². The summed E-state index contributed by atoms with van der Waals surface area (Å²) < 4.78 is 13.7. The number of likely N-dealkylation sites (N-methyl/N-ethyl adjacent to an activating group) is 1. The van der Waals surface area contributed by atoms with Crippen LogP contribution in [0.1, 0.15) is 23.1 Å². The summed E-state index contributed by atoms with van der Waals surface area (Å²) in [6, 6.07) is 3.47. The van der Waals surface area contributed by atoms with Crippen LogP contribution in [0, 0.1) is 24.6 Å². The number of amides is 3. The van der Waals surface area contributed by atoms with Crippen molar-refractivity contribution in [1.29, 1.82) is 0 Å². The van der Waals surface area contributed by atoms with Crippen LogP contribution in [0.4, 0.5) is 26.2 Å². The third-order valence-electron chi connectivity index (χ3n) is 8.84. The smallest absolute Gasteiger partial charge is 0.323 e. The van der Waals surface area contributed by atoms with E-state index in [1.807, 2.05) is 0 Å². The number of phenolic OH excluding ortho intramolecular Hbond substituents is 1. The maximum Gasteiger partial charge on any atom is 0.323 e. The average Bonchev–Trinajstić information content (AvgIpc) is 2.93. The van der Waals surface area contributed by atoms with Crippen molar-refractivity contribution in [2.24, 2.45) is 17.6 Å². The Kier molecular flexibility index (Phi) is 7.62. The second-order valence-corrected chi connectivity index (χ2v) is 12.0. The predicted octanol–water partition coefficient (Wildman–Crippen LogP) is 2.12. The summed E-state index contributed by atoms with van der Waals surface area (Å²) in [6.07, 6.45) is 0.0236. The molecule has 0 aliphatic heterocycles. The molecule has 0 aromatic heterocycles. The standard InChI is InChI=1S/C31H34FN5O8/c1-12-8-14(6-7-17(12)32)34-30(44)35-18-11-19(36(2)3)15-9-13-10-16-23(37(4)5)26(40)22(29(33)43)28(42)31(16,45)27(41)20(13)25(39)21(15)24(18)38/h6-8,11,13,16,23,38-39,42,45H,9-10H2,1-5H3,(H2,33,43)(H2,34,35,44)/t13-,16-,23-,31-/m0/s1. The van der Waals surface area contributed by atoms with Crippen LogP contribution in [0.25, 0.3) is 5.76 Å². The summed E-state index contributed by atoms with van der Waals surface area (Å²) in [6.45, 7) is 1.53. The molecular weight excluding hydrogens is 589 g/mol. The van der Waals surface area contributed by atoms with E-state index in [4.69, 9.17) is 5.73 Å². The van der Waals surface area contributed by atoms with Crippen LogP contribution in [0.15, 0.2) is 41.2 Å². The SMILES string of the molecule is Cc1cc(NC(=O)Nc2cc(N(C)C)c3c(c2O)C(O)=C2C(=O)[C@]4(O)C(O)=C(C(N)=O)C(=O)[C@@H](N(C)C)[C@@H]4C[C@@H]2C3)ccc1F. The van der Waals surface area contributed by atoms with Crippen molar-refractivity contribution < 1.29 is 44.0 Å². The van der Waals surface area contributed by atoms with Gasteiger partial charge in [0.25, 0.3) is 5.91 Å². The number of aliphatic hydroxyl groups is 3. The maximum atomic E-state index is 14.1. The minimum Gasteiger partial charge on any atom is -0.508 e. The topological polar surface area (TPSA) is 206 Å². The fraction of sp³-hybridized carbons (Fsp3) is 0.355. The Hall–Kier alpha value is -4.95. The van der Waals surface area contributed by atoms with Gasteiger partial charge in [-0.1, -0.05) is 0 Å². The number of nitrogens with zero attached hydrogens (tertiary/aromatic N) is 2. The quantitative estimate of drug-likeness (QED) is 0.191. The Bertz CT molecular complexity index is 1750. The normalized spacial score (nSPS) is 24.2. The molecule has 13 nitrogen and oxygen atoms in total. The average molecular weight is 624 g/mol. The number of ketones is 2. The summed E-state index contributed by atoms with van der Waals surface area (Å²) in [7, 11) is 6.46. The molecule has 3 amide bonds. The Morgan fingerprint density at radius 3 is 2.31 bits per heavy atom. The molecule has 45 heavy (non-hydrogen) atoms. The summed E-state index contributed by atoms with van der Waals surface area (Å²) in [5.41, 5.74) is 2.58. The van der Waals surface area contributed by atoms with Gasteiger partial charge >= 0.3 is 6.03 Å². The number of anilines is 3. The van der Waals surface area contributed by atoms with Gasteiger partial charge in [0, 0.05) is 37.0 Å². The molecule has 1 fully saturated rings. The number of aryl methyl sites for hydroxylation is 1. The Labute approximate surface area is 257 Å². The third-order valence-corrected chi connectivity index (χ3v) is 8.84. The number of benzene rings is 2. The fourth-order valence-corrected chi connectivity index (χ4v) is 6.79. The molecule has 5 rings (SSSR count). The van der Waals surface area contributed by atoms with E-state index in [2.05, 4.69) is 10.6 Å². The van der Waals surface area contributed by atoms with Crippen molar-refractivity contribution in [1.82, 2.24) is 4.90 Å². The second-order valence-electron chi connectivity index (χ2n) is 12.0. The number of Topliss-reactive ketones (excluding diaryl/α,β-unsaturated/α-hetero) is 2. The number of urea groups is 1. The van der Waals surface area contributed by atoms with E-state index in [0.29, 0.717) is 16.8 Å². The number of halogens is 1. The Morgan fingerprint density at radius 1 is 1.07 bits per heavy atom. The molecule has 0 bridgehead atoms. The van der Waals surface area contributed by atoms with Gasteiger partial charge in [0.05, 0.1) is 17.3 Å². The first-order chi connectivity index (χ1) is 21.0. The van der Waals surface area contributed by atoms with Crippen LogP contribution in [0.5, 0.6) is 5.75 Å². The van der Waals surface area contributed by atoms with E-state index >= 15 is 0 Å². The van der Waals surface area contributed by atoms with Gasteiger partial charge in [-0.25, -0.2) is 9.18 Å². The van der Waals surface area contributed by atoms with E-state index in [1.54, 1.807) is 19.0 Å². The van der Waals surface area contributed by atoms with Gasteiger partial charge in [0.15, 0.2) is 17.1 Å². The van der Waals surface area contributed by atoms with Gasteiger partial charge < -0.3 is 41.7 Å². The van der Waals surface area contributed by atoms with E-state index in [-0.39, 0.29) is 35.4 Å². The number of rotatable bonds is 5. The number of nitrogens with two attached hydrogens (primary N) is 1. The molecule has 8 N–H and O–H groups in total. The minimum absolute atomic E-state index is 0.0567. The molecule has 1 saturated carbocycles. The monoisotopic (exact) mass is 623 g/mol. The largest absolute Gasteiger partial charge is 0.508 e. The van der Waals surface area contributed by atoms with Crippen LogP contribution in [-0.2, 0) is 20.8 Å². The van der Waals surface area contributed by atoms with Crippen molar-refractivity contribution in [2.75, 3.05) is 43.7 Å². The Morgan fingerprint density at radius 2 is 1.73 bits per heavy atom. The molecular formula is C31H34FN5O8. The number of carbonyl (C=O) groups is 4. The number of aromatic hydroxyl groups is 1. The highest BCUT2D eigenvalue weighted by atomic mass is 19.1. The van der Waals surface area contributed by atoms with Gasteiger partial charge in [-0.05, 0) is 75.2 Å². The van der Waals surface area contributed by atoms with Crippen LogP contribution in [-0.4, -0.2) is 88.7 Å². The van der Waals surface area contributed by atoms with E-state index in [9.17, 15) is 44.0 Å². The Balaban J connectivity index is 1.62. The minimum atomic E-state index is -2.77. The number of carbonyl (C=O) groups excluding carboxylic acids is 4. The molecule has 3 aliphatic carbocycles. The molecule has 3 aliphatic rings. The molecule has 0 radical (unpaired) electrons. The lowest BCUT2D eigenvalue weighted by Crippen LogP contribution is -2.65. The lowest BCUT2D eigenvalue weighted by molar-refractivity contribution is -0.153. The maximum absolute atomic E-state index is 14.1. The first-order valence-electron chi connectivity index (χ1n) is 14.1. The number of hydrogen-bond donors (Lipinski definition) is 7. The van der Waals surface area contributed by atoms with Crippen molar-refractivity contribution >= 4 is 46.3 Å². The lowest BCUT2D eigenvalue weighted by Gasteiger charge is -2.50. The van der Waals surface area contributed by atoms with Crippen molar-refractivity contribution in [3.63, 3.8) is 0 Å². The van der Waals surface area contributed by atoms with Crippen LogP contribution < -0.4 is 21.3 Å². The molecule has 4 atom stereocenters. The summed E-state index contributed by atoms with van der Waals surface area (Å²) >= 11 is 0. The van der Waals surface area contributed by atoms with Crippen LogP contribution in [0.2, 0.25) is 0 Å². The molecule has 0 unspecified atom stereocenters. The molecule has 14 heteroatoms. The second kappa shape index (κ2) is 10.9. The first-order valence-corrected chi connectivity index (χ1v) is 14.1. The highest BCUT2D eigenvalue weighted by Crippen LogP contribution is 2.54. The van der Waals surface area contributed by atoms with Gasteiger partial charge in [-0.3, -0.25) is 19.3 Å². The molecule has 0 saturated heterocycles.